The summed E-state index contributed by atoms with van der Waals surface area (Å²) < 4.78 is 31.4. The van der Waals surface area contributed by atoms with Gasteiger partial charge in [-0.25, -0.2) is 5.01 Å². The molecule has 0 amide bonds. The van der Waals surface area contributed by atoms with Gasteiger partial charge in [0.05, 0.1) is 13.2 Å². The predicted octanol–water partition coefficient (Wildman–Crippen LogP) is -1.00. The van der Waals surface area contributed by atoms with Gasteiger partial charge in [0.25, 0.3) is 10.2 Å². The molecule has 1 atom stereocenters. The fourth-order valence-corrected chi connectivity index (χ4v) is 3.98. The van der Waals surface area contributed by atoms with E-state index in [1.807, 2.05) is 7.05 Å². The molecule has 0 aromatic carbocycles. The maximum Gasteiger partial charge on any atom is 0.292 e. The Balaban J connectivity index is 1.90. The Morgan fingerprint density at radius 3 is 2.68 bits per heavy atom. The Kier molecular flexibility index (Phi) is 5.55. The van der Waals surface area contributed by atoms with Crippen LogP contribution in [0.1, 0.15) is 12.8 Å². The Morgan fingerprint density at radius 1 is 1.26 bits per heavy atom. The van der Waals surface area contributed by atoms with Gasteiger partial charge in [0.15, 0.2) is 0 Å². The summed E-state index contributed by atoms with van der Waals surface area (Å²) in [5, 5.41) is 4.84. The monoisotopic (exact) mass is 292 g/mol. The normalized spacial score (nSPS) is 27.5. The summed E-state index contributed by atoms with van der Waals surface area (Å²) in [7, 11) is -1.51. The molecule has 0 saturated carbocycles. The number of piperidine rings is 1. The van der Waals surface area contributed by atoms with Crippen LogP contribution in [0.15, 0.2) is 0 Å². The molecule has 2 heterocycles. The van der Waals surface area contributed by atoms with Crippen molar-refractivity contribution in [1.82, 2.24) is 19.5 Å². The number of nitrogens with zero attached hydrogens (tertiary/aromatic N) is 2. The standard InChI is InChI=1S/C11H24N4O3S/c1-12-9-11-3-2-4-15(10-11)19(16,17)13-14-5-7-18-8-6-14/h11-13H,2-10H2,1H3. The minimum absolute atomic E-state index is 0.403. The molecule has 8 heteroatoms. The van der Waals surface area contributed by atoms with Crippen LogP contribution in [0.25, 0.3) is 0 Å². The molecule has 19 heavy (non-hydrogen) atoms. The first-order valence-corrected chi connectivity index (χ1v) is 8.30. The number of hydrogen-bond acceptors (Lipinski definition) is 5. The van der Waals surface area contributed by atoms with Crippen LogP contribution in [0.2, 0.25) is 0 Å². The van der Waals surface area contributed by atoms with Crippen LogP contribution in [0, 0.1) is 5.92 Å². The molecule has 0 aliphatic carbocycles. The van der Waals surface area contributed by atoms with Crippen LogP contribution < -0.4 is 10.1 Å². The largest absolute Gasteiger partial charge is 0.379 e. The Morgan fingerprint density at radius 2 is 2.00 bits per heavy atom. The second-order valence-corrected chi connectivity index (χ2v) is 6.77. The maximum absolute atomic E-state index is 12.3. The van der Waals surface area contributed by atoms with Crippen LogP contribution in [0.5, 0.6) is 0 Å². The summed E-state index contributed by atoms with van der Waals surface area (Å²) in [5.74, 6) is 0.403. The summed E-state index contributed by atoms with van der Waals surface area (Å²) >= 11 is 0. The molecule has 0 bridgehead atoms. The van der Waals surface area contributed by atoms with E-state index in [0.29, 0.717) is 45.3 Å². The fraction of sp³-hybridized carbons (Fsp3) is 1.00. The van der Waals surface area contributed by atoms with E-state index >= 15 is 0 Å². The van der Waals surface area contributed by atoms with Gasteiger partial charge in [0.1, 0.15) is 0 Å². The highest BCUT2D eigenvalue weighted by molar-refractivity contribution is 7.87. The quantitative estimate of drug-likeness (QED) is 0.680. The topological polar surface area (TPSA) is 73.9 Å². The number of rotatable bonds is 5. The van der Waals surface area contributed by atoms with Crippen LogP contribution in [-0.4, -0.2) is 70.7 Å². The first-order chi connectivity index (χ1) is 9.12. The third-order valence-electron chi connectivity index (χ3n) is 3.57. The SMILES string of the molecule is CNCC1CCCN(S(=O)(=O)NN2CCOCC2)C1. The first-order valence-electron chi connectivity index (χ1n) is 6.86. The summed E-state index contributed by atoms with van der Waals surface area (Å²) in [6.07, 6.45) is 2.01. The molecule has 0 aromatic heterocycles. The second-order valence-electron chi connectivity index (χ2n) is 5.12. The van der Waals surface area contributed by atoms with E-state index in [1.165, 1.54) is 0 Å². The average Bonchev–Trinajstić information content (AvgIpc) is 2.40. The average molecular weight is 292 g/mol. The van der Waals surface area contributed by atoms with Crippen molar-refractivity contribution >= 4 is 10.2 Å². The van der Waals surface area contributed by atoms with Crippen LogP contribution in [0.3, 0.4) is 0 Å². The predicted molar refractivity (Wildman–Crippen MR) is 72.7 cm³/mol. The first kappa shape index (κ1) is 15.1. The molecule has 2 aliphatic heterocycles. The molecule has 2 fully saturated rings. The molecular weight excluding hydrogens is 268 g/mol. The van der Waals surface area contributed by atoms with Crippen molar-refractivity contribution in [2.45, 2.75) is 12.8 Å². The van der Waals surface area contributed by atoms with Crippen molar-refractivity contribution in [2.24, 2.45) is 5.92 Å². The molecule has 0 aromatic rings. The number of hydrogen-bond donors (Lipinski definition) is 2. The minimum Gasteiger partial charge on any atom is -0.379 e. The molecule has 2 saturated heterocycles. The molecule has 2 rings (SSSR count). The Bertz CT molecular complexity index is 368. The van der Waals surface area contributed by atoms with Gasteiger partial charge in [-0.15, -0.1) is 4.83 Å². The van der Waals surface area contributed by atoms with Crippen molar-refractivity contribution < 1.29 is 13.2 Å². The van der Waals surface area contributed by atoms with E-state index in [1.54, 1.807) is 9.31 Å². The van der Waals surface area contributed by atoms with E-state index < -0.39 is 10.2 Å². The molecular formula is C11H24N4O3S. The Labute approximate surface area is 115 Å². The van der Waals surface area contributed by atoms with Crippen LogP contribution >= 0.6 is 0 Å². The van der Waals surface area contributed by atoms with E-state index in [-0.39, 0.29) is 0 Å². The molecule has 112 valence electrons. The maximum atomic E-state index is 12.3. The van der Waals surface area contributed by atoms with E-state index in [9.17, 15) is 8.42 Å². The summed E-state index contributed by atoms with van der Waals surface area (Å²) in [6, 6.07) is 0. The Hall–Kier alpha value is -0.250. The van der Waals surface area contributed by atoms with Gasteiger partial charge in [0, 0.05) is 26.2 Å². The lowest BCUT2D eigenvalue weighted by atomic mass is 10.00. The summed E-state index contributed by atoms with van der Waals surface area (Å²) in [5.41, 5.74) is 0. The van der Waals surface area contributed by atoms with Crippen molar-refractivity contribution in [3.63, 3.8) is 0 Å². The summed E-state index contributed by atoms with van der Waals surface area (Å²) in [4.78, 5) is 2.66. The number of ether oxygens (including phenoxy) is 1. The van der Waals surface area contributed by atoms with Crippen LogP contribution in [0.4, 0.5) is 0 Å². The molecule has 1 unspecified atom stereocenters. The zero-order valence-electron chi connectivity index (χ0n) is 11.5. The van der Waals surface area contributed by atoms with Crippen molar-refractivity contribution in [2.75, 3.05) is 53.0 Å². The van der Waals surface area contributed by atoms with Gasteiger partial charge in [-0.2, -0.15) is 12.7 Å². The lowest BCUT2D eigenvalue weighted by Crippen LogP contribution is -2.55. The van der Waals surface area contributed by atoms with Gasteiger partial charge in [-0.1, -0.05) is 0 Å². The molecule has 0 spiro atoms. The van der Waals surface area contributed by atoms with Gasteiger partial charge >= 0.3 is 0 Å². The fourth-order valence-electron chi connectivity index (χ4n) is 2.58. The number of morpholine rings is 1. The lowest BCUT2D eigenvalue weighted by molar-refractivity contribution is 0.0258. The van der Waals surface area contributed by atoms with Crippen molar-refractivity contribution in [3.8, 4) is 0 Å². The van der Waals surface area contributed by atoms with Crippen molar-refractivity contribution in [3.05, 3.63) is 0 Å². The molecule has 0 radical (unpaired) electrons. The third kappa shape index (κ3) is 4.37. The molecule has 2 N–H and O–H groups in total. The smallest absolute Gasteiger partial charge is 0.292 e. The number of nitrogens with one attached hydrogen (secondary N) is 2. The zero-order chi connectivity index (χ0) is 13.7. The van der Waals surface area contributed by atoms with Gasteiger partial charge in [0.2, 0.25) is 0 Å². The van der Waals surface area contributed by atoms with Gasteiger partial charge < -0.3 is 10.1 Å². The van der Waals surface area contributed by atoms with E-state index in [0.717, 1.165) is 19.4 Å². The molecule has 7 nitrogen and oxygen atoms in total. The highest BCUT2D eigenvalue weighted by atomic mass is 32.2. The number of hydrazine groups is 1. The second kappa shape index (κ2) is 6.96. The highest BCUT2D eigenvalue weighted by Crippen LogP contribution is 2.18. The van der Waals surface area contributed by atoms with Crippen molar-refractivity contribution in [1.29, 1.82) is 0 Å². The zero-order valence-corrected chi connectivity index (χ0v) is 12.3. The van der Waals surface area contributed by atoms with Crippen LogP contribution in [-0.2, 0) is 14.9 Å². The van der Waals surface area contributed by atoms with E-state index in [4.69, 9.17) is 4.74 Å². The minimum atomic E-state index is -3.41. The van der Waals surface area contributed by atoms with Gasteiger partial charge in [-0.3, -0.25) is 0 Å². The van der Waals surface area contributed by atoms with E-state index in [2.05, 4.69) is 10.1 Å². The third-order valence-corrected chi connectivity index (χ3v) is 5.07. The molecule has 2 aliphatic rings. The highest BCUT2D eigenvalue weighted by Gasteiger charge is 2.30. The lowest BCUT2D eigenvalue weighted by Gasteiger charge is -2.34. The summed E-state index contributed by atoms with van der Waals surface area (Å²) in [6.45, 7) is 4.43. The van der Waals surface area contributed by atoms with Gasteiger partial charge in [-0.05, 0) is 32.4 Å².